The smallest absolute Gasteiger partial charge is 0.255 e. The second-order valence-electron chi connectivity index (χ2n) is 4.25. The van der Waals surface area contributed by atoms with E-state index >= 15 is 0 Å². The van der Waals surface area contributed by atoms with Crippen LogP contribution in [0.1, 0.15) is 21.5 Å². The molecule has 0 aromatic heterocycles. The molecule has 0 saturated carbocycles. The van der Waals surface area contributed by atoms with Crippen LogP contribution in [0.2, 0.25) is 0 Å². The Morgan fingerprint density at radius 3 is 2.42 bits per heavy atom. The van der Waals surface area contributed by atoms with E-state index in [2.05, 4.69) is 37.2 Å². The number of nitrogens with one attached hydrogen (secondary N) is 1. The minimum Gasteiger partial charge on any atom is -0.322 e. The van der Waals surface area contributed by atoms with Crippen LogP contribution in [0.4, 0.5) is 5.69 Å². The number of alkyl halides is 1. The molecular weight excluding hydrogens is 370 g/mol. The van der Waals surface area contributed by atoms with Crippen LogP contribution in [-0.4, -0.2) is 5.91 Å². The van der Waals surface area contributed by atoms with Gasteiger partial charge in [0.05, 0.1) is 0 Å². The first-order valence-electron chi connectivity index (χ1n) is 5.82. The van der Waals surface area contributed by atoms with E-state index in [0.29, 0.717) is 5.56 Å². The van der Waals surface area contributed by atoms with Gasteiger partial charge in [-0.3, -0.25) is 4.79 Å². The molecule has 0 spiro atoms. The van der Waals surface area contributed by atoms with Crippen LogP contribution in [0.25, 0.3) is 0 Å². The molecule has 2 aromatic carbocycles. The van der Waals surface area contributed by atoms with Crippen molar-refractivity contribution in [3.05, 3.63) is 63.6 Å². The molecule has 2 nitrogen and oxygen atoms in total. The van der Waals surface area contributed by atoms with E-state index in [1.165, 1.54) is 0 Å². The zero-order valence-electron chi connectivity index (χ0n) is 10.4. The van der Waals surface area contributed by atoms with Gasteiger partial charge in [0.25, 0.3) is 5.91 Å². The Bertz CT molecular complexity index is 594. The third-order valence-electron chi connectivity index (χ3n) is 2.79. The molecule has 98 valence electrons. The number of halogens is 2. The highest BCUT2D eigenvalue weighted by Gasteiger charge is 2.06. The van der Waals surface area contributed by atoms with E-state index < -0.39 is 0 Å². The van der Waals surface area contributed by atoms with Crippen molar-refractivity contribution >= 4 is 43.5 Å². The van der Waals surface area contributed by atoms with Crippen LogP contribution < -0.4 is 5.32 Å². The van der Waals surface area contributed by atoms with E-state index in [1.54, 1.807) is 0 Å². The quantitative estimate of drug-likeness (QED) is 0.751. The summed E-state index contributed by atoms with van der Waals surface area (Å²) in [6.45, 7) is 1.99. The lowest BCUT2D eigenvalue weighted by Crippen LogP contribution is -2.11. The third-order valence-corrected chi connectivity index (χ3v) is 4.32. The van der Waals surface area contributed by atoms with Crippen LogP contribution in [0, 0.1) is 6.92 Å². The molecule has 0 aliphatic carbocycles. The predicted octanol–water partition coefficient (Wildman–Crippen LogP) is 4.90. The molecule has 4 heteroatoms. The van der Waals surface area contributed by atoms with Crippen molar-refractivity contribution in [2.45, 2.75) is 12.3 Å². The van der Waals surface area contributed by atoms with Crippen LogP contribution in [0.15, 0.2) is 46.9 Å². The van der Waals surface area contributed by atoms with Gasteiger partial charge >= 0.3 is 0 Å². The Labute approximate surface area is 129 Å². The second-order valence-corrected chi connectivity index (χ2v) is 5.66. The first-order chi connectivity index (χ1) is 9.10. The second kappa shape index (κ2) is 6.35. The summed E-state index contributed by atoms with van der Waals surface area (Å²) >= 11 is 6.82. The number of carbonyl (C=O) groups is 1. The van der Waals surface area contributed by atoms with Gasteiger partial charge in [0, 0.05) is 21.1 Å². The van der Waals surface area contributed by atoms with Gasteiger partial charge in [-0.05, 0) is 48.4 Å². The lowest BCUT2D eigenvalue weighted by atomic mass is 10.1. The van der Waals surface area contributed by atoms with Gasteiger partial charge in [0.1, 0.15) is 0 Å². The summed E-state index contributed by atoms with van der Waals surface area (Å²) in [4.78, 5) is 12.1. The maximum atomic E-state index is 12.1. The molecule has 0 aliphatic rings. The molecule has 19 heavy (non-hydrogen) atoms. The number of aryl methyl sites for hydroxylation is 1. The summed E-state index contributed by atoms with van der Waals surface area (Å²) in [6, 6.07) is 13.3. The standard InChI is InChI=1S/C15H13Br2NO/c1-10-8-13(6-7-14(10)17)18-15(19)12-4-2-11(9-16)3-5-12/h2-8H,9H2,1H3,(H,18,19). The largest absolute Gasteiger partial charge is 0.322 e. The van der Waals surface area contributed by atoms with Crippen molar-refractivity contribution in [2.75, 3.05) is 5.32 Å². The van der Waals surface area contributed by atoms with Gasteiger partial charge < -0.3 is 5.32 Å². The molecule has 1 N–H and O–H groups in total. The highest BCUT2D eigenvalue weighted by atomic mass is 79.9. The van der Waals surface area contributed by atoms with Crippen LogP contribution in [0.5, 0.6) is 0 Å². The van der Waals surface area contributed by atoms with Crippen molar-refractivity contribution < 1.29 is 4.79 Å². The Hall–Kier alpha value is -1.13. The van der Waals surface area contributed by atoms with Gasteiger partial charge in [0.15, 0.2) is 0 Å². The van der Waals surface area contributed by atoms with E-state index in [1.807, 2.05) is 49.4 Å². The lowest BCUT2D eigenvalue weighted by Gasteiger charge is -2.07. The number of benzene rings is 2. The molecule has 0 unspecified atom stereocenters. The molecular formula is C15H13Br2NO. The average Bonchev–Trinajstić information content (AvgIpc) is 2.43. The van der Waals surface area contributed by atoms with Crippen LogP contribution >= 0.6 is 31.9 Å². The van der Waals surface area contributed by atoms with Crippen molar-refractivity contribution in [2.24, 2.45) is 0 Å². The fourth-order valence-electron chi connectivity index (χ4n) is 1.67. The number of rotatable bonds is 3. The molecule has 0 saturated heterocycles. The topological polar surface area (TPSA) is 29.1 Å². The summed E-state index contributed by atoms with van der Waals surface area (Å²) in [5, 5.41) is 3.68. The van der Waals surface area contributed by atoms with Gasteiger partial charge in [-0.2, -0.15) is 0 Å². The van der Waals surface area contributed by atoms with Gasteiger partial charge in [-0.15, -0.1) is 0 Å². The van der Waals surface area contributed by atoms with Crippen LogP contribution in [0.3, 0.4) is 0 Å². The highest BCUT2D eigenvalue weighted by molar-refractivity contribution is 9.10. The first kappa shape index (κ1) is 14.3. The highest BCUT2D eigenvalue weighted by Crippen LogP contribution is 2.20. The van der Waals surface area contributed by atoms with Crippen molar-refractivity contribution in [1.82, 2.24) is 0 Å². The first-order valence-corrected chi connectivity index (χ1v) is 7.74. The van der Waals surface area contributed by atoms with Crippen molar-refractivity contribution in [3.8, 4) is 0 Å². The summed E-state index contributed by atoms with van der Waals surface area (Å²) in [5.41, 5.74) is 3.70. The fraction of sp³-hybridized carbons (Fsp3) is 0.133. The normalized spacial score (nSPS) is 10.3. The summed E-state index contributed by atoms with van der Waals surface area (Å²) in [5.74, 6) is -0.0946. The van der Waals surface area contributed by atoms with Gasteiger partial charge in [-0.25, -0.2) is 0 Å². The van der Waals surface area contributed by atoms with E-state index in [4.69, 9.17) is 0 Å². The minimum absolute atomic E-state index is 0.0946. The monoisotopic (exact) mass is 381 g/mol. The number of carbonyl (C=O) groups excluding carboxylic acids is 1. The summed E-state index contributed by atoms with van der Waals surface area (Å²) in [6.07, 6.45) is 0. The molecule has 1 amide bonds. The molecule has 0 atom stereocenters. The molecule has 0 aliphatic heterocycles. The van der Waals surface area contributed by atoms with Gasteiger partial charge in [-0.1, -0.05) is 44.0 Å². The Morgan fingerprint density at radius 2 is 1.84 bits per heavy atom. The van der Waals surface area contributed by atoms with Crippen molar-refractivity contribution in [3.63, 3.8) is 0 Å². The average molecular weight is 383 g/mol. The molecule has 0 fully saturated rings. The predicted molar refractivity (Wildman–Crippen MR) is 85.9 cm³/mol. The van der Waals surface area contributed by atoms with Gasteiger partial charge in [0.2, 0.25) is 0 Å². The zero-order chi connectivity index (χ0) is 13.8. The Morgan fingerprint density at radius 1 is 1.16 bits per heavy atom. The maximum Gasteiger partial charge on any atom is 0.255 e. The van der Waals surface area contributed by atoms with E-state index in [0.717, 1.165) is 26.6 Å². The maximum absolute atomic E-state index is 12.1. The lowest BCUT2D eigenvalue weighted by molar-refractivity contribution is 0.102. The SMILES string of the molecule is Cc1cc(NC(=O)c2ccc(CBr)cc2)ccc1Br. The van der Waals surface area contributed by atoms with E-state index in [9.17, 15) is 4.79 Å². The fourth-order valence-corrected chi connectivity index (χ4v) is 2.29. The summed E-state index contributed by atoms with van der Waals surface area (Å²) in [7, 11) is 0. The molecule has 2 rings (SSSR count). The Balaban J connectivity index is 2.13. The number of hydrogen-bond donors (Lipinski definition) is 1. The molecule has 0 bridgehead atoms. The Kier molecular flexibility index (Phi) is 4.77. The zero-order valence-corrected chi connectivity index (χ0v) is 13.6. The molecule has 2 aromatic rings. The number of anilines is 1. The third kappa shape index (κ3) is 3.67. The molecule has 0 heterocycles. The summed E-state index contributed by atoms with van der Waals surface area (Å²) < 4.78 is 1.03. The molecule has 0 radical (unpaired) electrons. The van der Waals surface area contributed by atoms with Crippen LogP contribution in [-0.2, 0) is 5.33 Å². The van der Waals surface area contributed by atoms with E-state index in [-0.39, 0.29) is 5.91 Å². The minimum atomic E-state index is -0.0946. The van der Waals surface area contributed by atoms with Crippen molar-refractivity contribution in [1.29, 1.82) is 0 Å². The number of hydrogen-bond acceptors (Lipinski definition) is 1. The number of amides is 1.